The summed E-state index contributed by atoms with van der Waals surface area (Å²) in [4.78, 5) is 16.9. The summed E-state index contributed by atoms with van der Waals surface area (Å²) in [5.74, 6) is 1.16. The van der Waals surface area contributed by atoms with Crippen LogP contribution in [0.2, 0.25) is 0 Å². The van der Waals surface area contributed by atoms with Crippen molar-refractivity contribution >= 4 is 26.7 Å². The summed E-state index contributed by atoms with van der Waals surface area (Å²) in [6.07, 6.45) is 2.15. The smallest absolute Gasteiger partial charge is 0.268 e. The highest BCUT2D eigenvalue weighted by molar-refractivity contribution is 7.90. The maximum atomic E-state index is 13.4. The number of carbonyl (C=O) groups excluding carboxylic acids is 1. The van der Waals surface area contributed by atoms with Crippen molar-refractivity contribution in [2.45, 2.75) is 18.2 Å². The second-order valence-corrected chi connectivity index (χ2v) is 11.2. The molecular weight excluding hydrogens is 508 g/mol. The molecule has 0 unspecified atom stereocenters. The van der Waals surface area contributed by atoms with Crippen molar-refractivity contribution < 1.29 is 13.2 Å². The van der Waals surface area contributed by atoms with Crippen molar-refractivity contribution in [3.8, 4) is 11.4 Å². The quantitative estimate of drug-likeness (QED) is 0.262. The number of aromatic amines is 1. The molecule has 1 N–H and O–H groups in total. The first-order valence-corrected chi connectivity index (χ1v) is 13.9. The number of aromatic nitrogens is 4. The van der Waals surface area contributed by atoms with Crippen LogP contribution in [0.25, 0.3) is 22.3 Å². The van der Waals surface area contributed by atoms with E-state index in [2.05, 4.69) is 15.2 Å². The van der Waals surface area contributed by atoms with Crippen LogP contribution in [0.4, 0.5) is 0 Å². The van der Waals surface area contributed by atoms with E-state index in [-0.39, 0.29) is 10.7 Å². The number of nitrogens with zero attached hydrogens (tertiary/aromatic N) is 3. The van der Waals surface area contributed by atoms with Gasteiger partial charge in [-0.1, -0.05) is 66.2 Å². The van der Waals surface area contributed by atoms with Crippen molar-refractivity contribution in [3.63, 3.8) is 0 Å². The maximum absolute atomic E-state index is 13.4. The van der Waals surface area contributed by atoms with Crippen LogP contribution >= 0.6 is 0 Å². The molecule has 2 aromatic heterocycles. The Labute approximate surface area is 225 Å². The van der Waals surface area contributed by atoms with E-state index in [1.165, 1.54) is 10.2 Å². The first-order chi connectivity index (χ1) is 18.9. The van der Waals surface area contributed by atoms with Crippen LogP contribution in [-0.4, -0.2) is 33.4 Å². The summed E-state index contributed by atoms with van der Waals surface area (Å²) < 4.78 is 27.7. The number of rotatable bonds is 7. The number of hydrogen-bond acceptors (Lipinski definition) is 5. The van der Waals surface area contributed by atoms with E-state index in [9.17, 15) is 13.2 Å². The molecule has 0 radical (unpaired) electrons. The molecule has 7 nitrogen and oxygen atoms in total. The van der Waals surface area contributed by atoms with Crippen LogP contribution in [0.3, 0.4) is 0 Å². The topological polar surface area (TPSA) is 97.7 Å². The van der Waals surface area contributed by atoms with Gasteiger partial charge in [-0.05, 0) is 55.0 Å². The van der Waals surface area contributed by atoms with Gasteiger partial charge in [0.2, 0.25) is 0 Å². The van der Waals surface area contributed by atoms with Crippen molar-refractivity contribution in [1.29, 1.82) is 0 Å². The molecular formula is C31H24N4O3S. The fourth-order valence-corrected chi connectivity index (χ4v) is 5.92. The first kappa shape index (κ1) is 24.5. The van der Waals surface area contributed by atoms with Gasteiger partial charge in [0, 0.05) is 34.7 Å². The third-order valence-electron chi connectivity index (χ3n) is 6.64. The summed E-state index contributed by atoms with van der Waals surface area (Å²) in [6.45, 7) is 1.91. The zero-order valence-corrected chi connectivity index (χ0v) is 21.9. The van der Waals surface area contributed by atoms with Gasteiger partial charge in [-0.3, -0.25) is 4.79 Å². The number of H-pyrrole nitrogens is 1. The zero-order valence-electron chi connectivity index (χ0n) is 21.1. The normalized spacial score (nSPS) is 11.6. The summed E-state index contributed by atoms with van der Waals surface area (Å²) in [5.41, 5.74) is 4.33. The third kappa shape index (κ3) is 4.78. The lowest BCUT2D eigenvalue weighted by molar-refractivity contribution is 0.103. The molecule has 6 rings (SSSR count). The molecule has 4 aromatic carbocycles. The molecule has 0 fully saturated rings. The molecule has 0 saturated carbocycles. The van der Waals surface area contributed by atoms with Gasteiger partial charge in [-0.2, -0.15) is 0 Å². The molecule has 0 amide bonds. The molecule has 2 heterocycles. The van der Waals surface area contributed by atoms with Gasteiger partial charge < -0.3 is 4.98 Å². The standard InChI is InChI=1S/C31H24N4O3S/c1-21-10-13-27(14-11-21)39(37,38)35-17-16-23-19-25(12-15-28(23)35)30(36)24-8-5-9-26(20-24)31-32-29(33-34-31)18-22-6-3-2-4-7-22/h2-17,19-20H,18H2,1H3,(H,32,33,34). The Balaban J connectivity index is 1.26. The Morgan fingerprint density at radius 2 is 1.59 bits per heavy atom. The minimum atomic E-state index is -3.76. The predicted octanol–water partition coefficient (Wildman–Crippen LogP) is 5.79. The molecule has 39 heavy (non-hydrogen) atoms. The largest absolute Gasteiger partial charge is 0.325 e. The minimum absolute atomic E-state index is 0.170. The number of carbonyl (C=O) groups is 1. The molecule has 0 aliphatic carbocycles. The Kier molecular flexibility index (Phi) is 6.17. The van der Waals surface area contributed by atoms with E-state index < -0.39 is 10.0 Å². The fourth-order valence-electron chi connectivity index (χ4n) is 4.56. The highest BCUT2D eigenvalue weighted by Gasteiger charge is 2.20. The summed E-state index contributed by atoms with van der Waals surface area (Å²) in [6, 6.07) is 30.7. The second kappa shape index (κ2) is 9.81. The lowest BCUT2D eigenvalue weighted by atomic mass is 10.00. The summed E-state index contributed by atoms with van der Waals surface area (Å²) in [5, 5.41) is 9.20. The van der Waals surface area contributed by atoms with E-state index >= 15 is 0 Å². The molecule has 8 heteroatoms. The monoisotopic (exact) mass is 532 g/mol. The predicted molar refractivity (Wildman–Crippen MR) is 150 cm³/mol. The van der Waals surface area contributed by atoms with Crippen molar-refractivity contribution in [2.24, 2.45) is 0 Å². The molecule has 0 saturated heterocycles. The Morgan fingerprint density at radius 3 is 2.38 bits per heavy atom. The number of fused-ring (bicyclic) bond motifs is 1. The number of benzene rings is 4. The number of nitrogens with one attached hydrogen (secondary N) is 1. The molecule has 192 valence electrons. The Hall–Kier alpha value is -4.82. The van der Waals surface area contributed by atoms with Gasteiger partial charge in [0.1, 0.15) is 5.82 Å². The Bertz CT molecular complexity index is 1920. The van der Waals surface area contributed by atoms with E-state index in [0.29, 0.717) is 34.3 Å². The average molecular weight is 533 g/mol. The molecule has 0 bridgehead atoms. The molecule has 0 aliphatic rings. The van der Waals surface area contributed by atoms with Crippen LogP contribution < -0.4 is 0 Å². The average Bonchev–Trinajstić information content (AvgIpc) is 3.61. The third-order valence-corrected chi connectivity index (χ3v) is 8.34. The number of aryl methyl sites for hydroxylation is 1. The van der Waals surface area contributed by atoms with Crippen molar-refractivity contribution in [1.82, 2.24) is 19.2 Å². The molecule has 0 aliphatic heterocycles. The van der Waals surface area contributed by atoms with Gasteiger partial charge in [0.25, 0.3) is 10.0 Å². The van der Waals surface area contributed by atoms with Gasteiger partial charge in [0.15, 0.2) is 11.6 Å². The van der Waals surface area contributed by atoms with Crippen LogP contribution in [0.15, 0.2) is 114 Å². The van der Waals surface area contributed by atoms with E-state index in [1.807, 2.05) is 49.4 Å². The minimum Gasteiger partial charge on any atom is -0.325 e. The maximum Gasteiger partial charge on any atom is 0.268 e. The van der Waals surface area contributed by atoms with Gasteiger partial charge >= 0.3 is 0 Å². The fraction of sp³-hybridized carbons (Fsp3) is 0.0645. The first-order valence-electron chi connectivity index (χ1n) is 12.4. The highest BCUT2D eigenvalue weighted by atomic mass is 32.2. The SMILES string of the molecule is Cc1ccc(S(=O)(=O)n2ccc3cc(C(=O)c4cccc(-c5nnc(Cc6ccccc6)[nH]5)c4)ccc32)cc1. The molecule has 0 spiro atoms. The summed E-state index contributed by atoms with van der Waals surface area (Å²) >= 11 is 0. The van der Waals surface area contributed by atoms with Crippen molar-refractivity contribution in [3.05, 3.63) is 137 Å². The Morgan fingerprint density at radius 1 is 0.821 bits per heavy atom. The van der Waals surface area contributed by atoms with Crippen LogP contribution in [0, 0.1) is 6.92 Å². The summed E-state index contributed by atoms with van der Waals surface area (Å²) in [7, 11) is -3.76. The number of hydrogen-bond donors (Lipinski definition) is 1. The van der Waals surface area contributed by atoms with Gasteiger partial charge in [-0.25, -0.2) is 12.4 Å². The van der Waals surface area contributed by atoms with E-state index in [1.54, 1.807) is 60.7 Å². The van der Waals surface area contributed by atoms with Crippen LogP contribution in [-0.2, 0) is 16.4 Å². The number of ketones is 1. The van der Waals surface area contributed by atoms with E-state index in [0.717, 1.165) is 22.5 Å². The van der Waals surface area contributed by atoms with Gasteiger partial charge in [-0.15, -0.1) is 10.2 Å². The van der Waals surface area contributed by atoms with E-state index in [4.69, 9.17) is 0 Å². The molecule has 0 atom stereocenters. The lowest BCUT2D eigenvalue weighted by Gasteiger charge is -2.09. The molecule has 6 aromatic rings. The lowest BCUT2D eigenvalue weighted by Crippen LogP contribution is -2.11. The van der Waals surface area contributed by atoms with Crippen molar-refractivity contribution in [2.75, 3.05) is 0 Å². The van der Waals surface area contributed by atoms with Crippen LogP contribution in [0.5, 0.6) is 0 Å². The van der Waals surface area contributed by atoms with Crippen LogP contribution in [0.1, 0.15) is 32.9 Å². The zero-order chi connectivity index (χ0) is 27.0. The van der Waals surface area contributed by atoms with Gasteiger partial charge in [0.05, 0.1) is 10.4 Å². The highest BCUT2D eigenvalue weighted by Crippen LogP contribution is 2.25. The second-order valence-electron chi connectivity index (χ2n) is 9.40.